The zero-order valence-electron chi connectivity index (χ0n) is 10.7. The molecule has 0 aromatic heterocycles. The van der Waals surface area contributed by atoms with E-state index in [1.165, 1.54) is 4.90 Å². The highest BCUT2D eigenvalue weighted by Crippen LogP contribution is 2.25. The molecule has 1 aromatic carbocycles. The Morgan fingerprint density at radius 3 is 2.68 bits per heavy atom. The fourth-order valence-corrected chi connectivity index (χ4v) is 2.47. The van der Waals surface area contributed by atoms with Gasteiger partial charge in [0.2, 0.25) is 5.24 Å². The highest BCUT2D eigenvalue weighted by molar-refractivity contribution is 6.64. The molecule has 0 saturated carbocycles. The molecular weight excluding hydrogens is 266 g/mol. The maximum absolute atomic E-state index is 12.0. The van der Waals surface area contributed by atoms with Gasteiger partial charge in [0.25, 0.3) is 0 Å². The molecule has 1 aliphatic heterocycles. The molecule has 0 bridgehead atoms. The predicted octanol–water partition coefficient (Wildman–Crippen LogP) is 2.80. The Morgan fingerprint density at radius 2 is 2.05 bits per heavy atom. The number of likely N-dealkylation sites (tertiary alicyclic amines) is 1. The first-order valence-corrected chi connectivity index (χ1v) is 6.62. The molecule has 19 heavy (non-hydrogen) atoms. The van der Waals surface area contributed by atoms with E-state index in [2.05, 4.69) is 0 Å². The molecule has 2 atom stereocenters. The summed E-state index contributed by atoms with van der Waals surface area (Å²) < 4.78 is 5.22. The fourth-order valence-electron chi connectivity index (χ4n) is 2.27. The van der Waals surface area contributed by atoms with E-state index in [0.29, 0.717) is 13.0 Å². The number of benzene rings is 1. The van der Waals surface area contributed by atoms with Crippen molar-refractivity contribution in [2.45, 2.75) is 26.0 Å². The maximum Gasteiger partial charge on any atom is 0.410 e. The van der Waals surface area contributed by atoms with Crippen molar-refractivity contribution >= 4 is 22.9 Å². The number of halogens is 1. The quantitative estimate of drug-likeness (QED) is 0.801. The van der Waals surface area contributed by atoms with Crippen LogP contribution in [0.4, 0.5) is 4.79 Å². The van der Waals surface area contributed by atoms with Crippen molar-refractivity contribution in [3.63, 3.8) is 0 Å². The fraction of sp³-hybridized carbons (Fsp3) is 0.429. The summed E-state index contributed by atoms with van der Waals surface area (Å²) in [5.41, 5.74) is 0.914. The smallest absolute Gasteiger partial charge is 0.410 e. The standard InChI is InChI=1S/C14H16ClNO3/c1-10-7-12(13(15)17)16(8-10)14(18)19-9-11-5-3-2-4-6-11/h2-6,10,12H,7-9H2,1H3/t10-,12+/m0/s1. The van der Waals surface area contributed by atoms with Crippen LogP contribution in [-0.2, 0) is 16.1 Å². The third kappa shape index (κ3) is 3.47. The van der Waals surface area contributed by atoms with Gasteiger partial charge in [-0.1, -0.05) is 37.3 Å². The lowest BCUT2D eigenvalue weighted by molar-refractivity contribution is -0.115. The SMILES string of the molecule is C[C@H]1C[C@H](C(=O)Cl)N(C(=O)OCc2ccccc2)C1. The predicted molar refractivity (Wildman–Crippen MR) is 71.8 cm³/mol. The number of nitrogens with zero attached hydrogens (tertiary/aromatic N) is 1. The summed E-state index contributed by atoms with van der Waals surface area (Å²) in [5, 5.41) is -0.499. The summed E-state index contributed by atoms with van der Waals surface area (Å²) in [7, 11) is 0. The summed E-state index contributed by atoms with van der Waals surface area (Å²) in [6.45, 7) is 2.70. The molecule has 0 radical (unpaired) electrons. The van der Waals surface area contributed by atoms with Crippen molar-refractivity contribution in [3.8, 4) is 0 Å². The number of hydrogen-bond acceptors (Lipinski definition) is 3. The molecule has 1 fully saturated rings. The Balaban J connectivity index is 1.94. The Labute approximate surface area is 117 Å². The van der Waals surface area contributed by atoms with Gasteiger partial charge in [-0.05, 0) is 29.5 Å². The number of carbonyl (C=O) groups excluding carboxylic acids is 2. The minimum Gasteiger partial charge on any atom is -0.445 e. The molecule has 0 N–H and O–H groups in total. The summed E-state index contributed by atoms with van der Waals surface area (Å²) >= 11 is 5.52. The molecular formula is C14H16ClNO3. The van der Waals surface area contributed by atoms with Gasteiger partial charge in [0.15, 0.2) is 0 Å². The van der Waals surface area contributed by atoms with Gasteiger partial charge < -0.3 is 4.74 Å². The number of amides is 1. The van der Waals surface area contributed by atoms with Crippen LogP contribution in [0.15, 0.2) is 30.3 Å². The molecule has 0 spiro atoms. The van der Waals surface area contributed by atoms with E-state index in [1.807, 2.05) is 37.3 Å². The first-order valence-electron chi connectivity index (χ1n) is 6.24. The molecule has 1 amide bonds. The highest BCUT2D eigenvalue weighted by atomic mass is 35.5. The Hall–Kier alpha value is -1.55. The van der Waals surface area contributed by atoms with E-state index in [9.17, 15) is 9.59 Å². The molecule has 0 aliphatic carbocycles. The van der Waals surface area contributed by atoms with Crippen molar-refractivity contribution in [3.05, 3.63) is 35.9 Å². The van der Waals surface area contributed by atoms with Crippen LogP contribution in [0.1, 0.15) is 18.9 Å². The second-order valence-electron chi connectivity index (χ2n) is 4.85. The highest BCUT2D eigenvalue weighted by Gasteiger charge is 2.37. The van der Waals surface area contributed by atoms with Gasteiger partial charge in [-0.2, -0.15) is 0 Å². The second kappa shape index (κ2) is 6.06. The largest absolute Gasteiger partial charge is 0.445 e. The van der Waals surface area contributed by atoms with E-state index < -0.39 is 17.4 Å². The van der Waals surface area contributed by atoms with Crippen molar-refractivity contribution in [1.82, 2.24) is 4.90 Å². The molecule has 1 saturated heterocycles. The average molecular weight is 282 g/mol. The van der Waals surface area contributed by atoms with Crippen LogP contribution in [0.3, 0.4) is 0 Å². The third-order valence-corrected chi connectivity index (χ3v) is 3.46. The molecule has 1 heterocycles. The minimum absolute atomic E-state index is 0.202. The van der Waals surface area contributed by atoms with Crippen LogP contribution >= 0.6 is 11.6 Å². The summed E-state index contributed by atoms with van der Waals surface area (Å²) in [6, 6.07) is 8.86. The van der Waals surface area contributed by atoms with Crippen LogP contribution in [0.2, 0.25) is 0 Å². The summed E-state index contributed by atoms with van der Waals surface area (Å²) in [4.78, 5) is 24.7. The molecule has 1 aromatic rings. The Morgan fingerprint density at radius 1 is 1.37 bits per heavy atom. The van der Waals surface area contributed by atoms with Crippen LogP contribution < -0.4 is 0 Å². The maximum atomic E-state index is 12.0. The van der Waals surface area contributed by atoms with Crippen molar-refractivity contribution < 1.29 is 14.3 Å². The molecule has 2 rings (SSSR count). The van der Waals surface area contributed by atoms with E-state index in [-0.39, 0.29) is 12.5 Å². The Kier molecular flexibility index (Phi) is 4.43. The number of hydrogen-bond donors (Lipinski definition) is 0. The molecule has 1 aliphatic rings. The van der Waals surface area contributed by atoms with Gasteiger partial charge in [0, 0.05) is 6.54 Å². The van der Waals surface area contributed by atoms with Gasteiger partial charge in [-0.3, -0.25) is 9.69 Å². The van der Waals surface area contributed by atoms with E-state index in [4.69, 9.17) is 16.3 Å². The first-order chi connectivity index (χ1) is 9.08. The van der Waals surface area contributed by atoms with E-state index in [0.717, 1.165) is 5.56 Å². The van der Waals surface area contributed by atoms with Crippen molar-refractivity contribution in [2.75, 3.05) is 6.54 Å². The van der Waals surface area contributed by atoms with E-state index >= 15 is 0 Å². The Bertz CT molecular complexity index is 463. The number of carbonyl (C=O) groups is 2. The average Bonchev–Trinajstić information content (AvgIpc) is 2.79. The van der Waals surface area contributed by atoms with Crippen molar-refractivity contribution in [1.29, 1.82) is 0 Å². The molecule has 102 valence electrons. The lowest BCUT2D eigenvalue weighted by Gasteiger charge is -2.21. The van der Waals surface area contributed by atoms with Crippen molar-refractivity contribution in [2.24, 2.45) is 5.92 Å². The van der Waals surface area contributed by atoms with E-state index in [1.54, 1.807) is 0 Å². The molecule has 0 unspecified atom stereocenters. The molecule has 5 heteroatoms. The second-order valence-corrected chi connectivity index (χ2v) is 5.23. The van der Waals surface area contributed by atoms with Crippen LogP contribution in [-0.4, -0.2) is 28.8 Å². The number of ether oxygens (including phenoxy) is 1. The summed E-state index contributed by atoms with van der Waals surface area (Å²) in [6.07, 6.45) is 0.121. The third-order valence-electron chi connectivity index (χ3n) is 3.21. The van der Waals surface area contributed by atoms with Crippen LogP contribution in [0.5, 0.6) is 0 Å². The topological polar surface area (TPSA) is 46.6 Å². The minimum atomic E-state index is -0.556. The monoisotopic (exact) mass is 281 g/mol. The lowest BCUT2D eigenvalue weighted by atomic mass is 10.1. The van der Waals surface area contributed by atoms with Gasteiger partial charge in [-0.25, -0.2) is 4.79 Å². The van der Waals surface area contributed by atoms with Gasteiger partial charge in [0.05, 0.1) is 0 Å². The normalized spacial score (nSPS) is 22.3. The van der Waals surface area contributed by atoms with Gasteiger partial charge in [0.1, 0.15) is 12.6 Å². The van der Waals surface area contributed by atoms with Gasteiger partial charge >= 0.3 is 6.09 Å². The lowest BCUT2D eigenvalue weighted by Crippen LogP contribution is -2.39. The summed E-state index contributed by atoms with van der Waals surface area (Å²) in [5.74, 6) is 0.261. The zero-order chi connectivity index (χ0) is 13.8. The number of rotatable bonds is 3. The first kappa shape index (κ1) is 13.9. The van der Waals surface area contributed by atoms with Crippen LogP contribution in [0.25, 0.3) is 0 Å². The van der Waals surface area contributed by atoms with Gasteiger partial charge in [-0.15, -0.1) is 0 Å². The van der Waals surface area contributed by atoms with Crippen LogP contribution in [0, 0.1) is 5.92 Å². The molecule has 4 nitrogen and oxygen atoms in total. The zero-order valence-corrected chi connectivity index (χ0v) is 11.5.